The highest BCUT2D eigenvalue weighted by Gasteiger charge is 2.41. The lowest BCUT2D eigenvalue weighted by Crippen LogP contribution is -2.55. The summed E-state index contributed by atoms with van der Waals surface area (Å²) in [5.41, 5.74) is 6.06. The van der Waals surface area contributed by atoms with E-state index in [1.807, 2.05) is 14.1 Å². The molecule has 2 N–H and O–H groups in total. The Morgan fingerprint density at radius 3 is 2.18 bits per heavy atom. The first-order valence-corrected chi connectivity index (χ1v) is 6.28. The standard InChI is InChI=1S/C12H23F3N2/c1-17(2)11(7-3-4-8-11)10(16)6-5-9-12(13,14)15/h10H,3-9,16H2,1-2H3. The molecule has 1 fully saturated rings. The second kappa shape index (κ2) is 5.57. The first-order valence-electron chi connectivity index (χ1n) is 6.28. The molecule has 0 aliphatic heterocycles. The average Bonchev–Trinajstić information content (AvgIpc) is 2.64. The zero-order valence-electron chi connectivity index (χ0n) is 10.7. The van der Waals surface area contributed by atoms with Crippen molar-refractivity contribution in [1.82, 2.24) is 4.90 Å². The van der Waals surface area contributed by atoms with Crippen molar-refractivity contribution >= 4 is 0 Å². The summed E-state index contributed by atoms with van der Waals surface area (Å²) < 4.78 is 36.3. The quantitative estimate of drug-likeness (QED) is 0.815. The van der Waals surface area contributed by atoms with Gasteiger partial charge in [0.15, 0.2) is 0 Å². The molecule has 0 bridgehead atoms. The molecule has 0 radical (unpaired) electrons. The number of hydrogen-bond donors (Lipinski definition) is 1. The third-order valence-corrected chi connectivity index (χ3v) is 4.03. The maximum absolute atomic E-state index is 12.1. The number of rotatable bonds is 5. The van der Waals surface area contributed by atoms with E-state index in [0.717, 1.165) is 25.7 Å². The van der Waals surface area contributed by atoms with Gasteiger partial charge in [0.05, 0.1) is 0 Å². The smallest absolute Gasteiger partial charge is 0.326 e. The van der Waals surface area contributed by atoms with E-state index in [2.05, 4.69) is 4.90 Å². The monoisotopic (exact) mass is 252 g/mol. The van der Waals surface area contributed by atoms with Crippen LogP contribution < -0.4 is 5.73 Å². The second-order valence-electron chi connectivity index (χ2n) is 5.32. The number of hydrogen-bond acceptors (Lipinski definition) is 2. The fraction of sp³-hybridized carbons (Fsp3) is 1.00. The van der Waals surface area contributed by atoms with Gasteiger partial charge in [0.2, 0.25) is 0 Å². The molecule has 0 amide bonds. The van der Waals surface area contributed by atoms with Crippen molar-refractivity contribution in [3.8, 4) is 0 Å². The highest BCUT2D eigenvalue weighted by molar-refractivity contribution is 5.00. The Kier molecular flexibility index (Phi) is 4.84. The molecule has 1 saturated carbocycles. The Labute approximate surface area is 101 Å². The van der Waals surface area contributed by atoms with Gasteiger partial charge < -0.3 is 10.6 Å². The molecule has 1 aliphatic carbocycles. The van der Waals surface area contributed by atoms with Crippen LogP contribution in [-0.2, 0) is 0 Å². The highest BCUT2D eigenvalue weighted by atomic mass is 19.4. The van der Waals surface area contributed by atoms with Crippen molar-refractivity contribution in [3.63, 3.8) is 0 Å². The SMILES string of the molecule is CN(C)C1(C(N)CCCC(F)(F)F)CCCC1. The molecular formula is C12H23F3N2. The minimum Gasteiger partial charge on any atom is -0.326 e. The van der Waals surface area contributed by atoms with Gasteiger partial charge in [-0.15, -0.1) is 0 Å². The number of nitrogens with two attached hydrogens (primary N) is 1. The Hall–Kier alpha value is -0.290. The van der Waals surface area contributed by atoms with E-state index in [0.29, 0.717) is 6.42 Å². The van der Waals surface area contributed by atoms with Crippen molar-refractivity contribution < 1.29 is 13.2 Å². The third kappa shape index (κ3) is 3.85. The molecule has 17 heavy (non-hydrogen) atoms. The molecule has 1 unspecified atom stereocenters. The van der Waals surface area contributed by atoms with Crippen LogP contribution in [0.1, 0.15) is 44.9 Å². The zero-order chi connectivity index (χ0) is 13.1. The molecule has 1 rings (SSSR count). The number of likely N-dealkylation sites (N-methyl/N-ethyl adjacent to an activating group) is 1. The van der Waals surface area contributed by atoms with E-state index in [4.69, 9.17) is 5.73 Å². The molecule has 1 atom stereocenters. The van der Waals surface area contributed by atoms with Gasteiger partial charge in [-0.05, 0) is 39.8 Å². The Morgan fingerprint density at radius 2 is 1.76 bits per heavy atom. The third-order valence-electron chi connectivity index (χ3n) is 4.03. The predicted molar refractivity (Wildman–Crippen MR) is 62.8 cm³/mol. The van der Waals surface area contributed by atoms with Crippen LogP contribution in [0.3, 0.4) is 0 Å². The minimum atomic E-state index is -4.05. The summed E-state index contributed by atoms with van der Waals surface area (Å²) in [7, 11) is 3.96. The van der Waals surface area contributed by atoms with E-state index in [-0.39, 0.29) is 18.0 Å². The predicted octanol–water partition coefficient (Wildman–Crippen LogP) is 2.92. The average molecular weight is 252 g/mol. The van der Waals surface area contributed by atoms with E-state index in [1.165, 1.54) is 0 Å². The van der Waals surface area contributed by atoms with Crippen LogP contribution in [0.5, 0.6) is 0 Å². The van der Waals surface area contributed by atoms with Crippen LogP contribution in [0.25, 0.3) is 0 Å². The van der Waals surface area contributed by atoms with Crippen molar-refractivity contribution in [1.29, 1.82) is 0 Å². The van der Waals surface area contributed by atoms with E-state index in [9.17, 15) is 13.2 Å². The maximum Gasteiger partial charge on any atom is 0.389 e. The van der Waals surface area contributed by atoms with Crippen LogP contribution in [0.2, 0.25) is 0 Å². The van der Waals surface area contributed by atoms with Crippen LogP contribution in [0.4, 0.5) is 13.2 Å². The van der Waals surface area contributed by atoms with Gasteiger partial charge in [0.25, 0.3) is 0 Å². The highest BCUT2D eigenvalue weighted by Crippen LogP contribution is 2.37. The molecule has 0 heterocycles. The lowest BCUT2D eigenvalue weighted by Gasteiger charge is -2.41. The Balaban J connectivity index is 2.47. The van der Waals surface area contributed by atoms with Gasteiger partial charge in [-0.25, -0.2) is 0 Å². The van der Waals surface area contributed by atoms with Gasteiger partial charge >= 0.3 is 6.18 Å². The Morgan fingerprint density at radius 1 is 1.24 bits per heavy atom. The van der Waals surface area contributed by atoms with Crippen molar-refractivity contribution in [2.24, 2.45) is 5.73 Å². The van der Waals surface area contributed by atoms with E-state index >= 15 is 0 Å². The minimum absolute atomic E-state index is 0.0778. The van der Waals surface area contributed by atoms with Crippen LogP contribution in [0.15, 0.2) is 0 Å². The van der Waals surface area contributed by atoms with E-state index < -0.39 is 12.6 Å². The molecule has 2 nitrogen and oxygen atoms in total. The maximum atomic E-state index is 12.1. The molecule has 1 aliphatic rings. The van der Waals surface area contributed by atoms with Crippen molar-refractivity contribution in [2.45, 2.75) is 62.7 Å². The largest absolute Gasteiger partial charge is 0.389 e. The summed E-state index contributed by atoms with van der Waals surface area (Å²) in [4.78, 5) is 2.11. The molecule has 0 saturated heterocycles. The van der Waals surface area contributed by atoms with Gasteiger partial charge in [0.1, 0.15) is 0 Å². The van der Waals surface area contributed by atoms with E-state index in [1.54, 1.807) is 0 Å². The zero-order valence-corrected chi connectivity index (χ0v) is 10.7. The van der Waals surface area contributed by atoms with Crippen molar-refractivity contribution in [2.75, 3.05) is 14.1 Å². The van der Waals surface area contributed by atoms with Crippen LogP contribution >= 0.6 is 0 Å². The van der Waals surface area contributed by atoms with Gasteiger partial charge in [0, 0.05) is 18.0 Å². The lowest BCUT2D eigenvalue weighted by atomic mass is 9.84. The molecule has 5 heteroatoms. The number of alkyl halides is 3. The van der Waals surface area contributed by atoms with Gasteiger partial charge in [-0.2, -0.15) is 13.2 Å². The summed E-state index contributed by atoms with van der Waals surface area (Å²) in [5, 5.41) is 0. The first kappa shape index (κ1) is 14.8. The molecule has 0 aromatic heterocycles. The summed E-state index contributed by atoms with van der Waals surface area (Å²) in [6.45, 7) is 0. The molecule has 0 aromatic carbocycles. The molecule has 102 valence electrons. The second-order valence-corrected chi connectivity index (χ2v) is 5.32. The van der Waals surface area contributed by atoms with Crippen molar-refractivity contribution in [3.05, 3.63) is 0 Å². The lowest BCUT2D eigenvalue weighted by molar-refractivity contribution is -0.136. The summed E-state index contributed by atoms with van der Waals surface area (Å²) in [6.07, 6.45) is 0.0967. The van der Waals surface area contributed by atoms with Crippen LogP contribution in [-0.4, -0.2) is 36.8 Å². The molecular weight excluding hydrogens is 229 g/mol. The molecule has 0 aromatic rings. The topological polar surface area (TPSA) is 29.3 Å². The number of halogens is 3. The fourth-order valence-corrected chi connectivity index (χ4v) is 2.93. The van der Waals surface area contributed by atoms with Gasteiger partial charge in [-0.1, -0.05) is 12.8 Å². The normalized spacial score (nSPS) is 22.1. The number of nitrogens with zero attached hydrogens (tertiary/aromatic N) is 1. The molecule has 0 spiro atoms. The summed E-state index contributed by atoms with van der Waals surface area (Å²) in [5.74, 6) is 0. The first-order chi connectivity index (χ1) is 7.78. The Bertz CT molecular complexity index is 232. The van der Waals surface area contributed by atoms with Crippen LogP contribution in [0, 0.1) is 0 Å². The fourth-order valence-electron chi connectivity index (χ4n) is 2.93. The summed E-state index contributed by atoms with van der Waals surface area (Å²) in [6, 6.07) is -0.151. The summed E-state index contributed by atoms with van der Waals surface area (Å²) >= 11 is 0. The van der Waals surface area contributed by atoms with Gasteiger partial charge in [-0.3, -0.25) is 0 Å².